The molecule has 3 rings (SSSR count). The summed E-state index contributed by atoms with van der Waals surface area (Å²) >= 11 is 11.6. The minimum absolute atomic E-state index is 0.116. The normalized spacial score (nSPS) is 11.2. The van der Waals surface area contributed by atoms with E-state index in [1.165, 1.54) is 6.07 Å². The van der Waals surface area contributed by atoms with Gasteiger partial charge in [-0.1, -0.05) is 23.2 Å². The summed E-state index contributed by atoms with van der Waals surface area (Å²) in [5.74, 6) is -6.18. The molecule has 172 valence electrons. The first-order valence-electron chi connectivity index (χ1n) is 8.68. The van der Waals surface area contributed by atoms with Crippen LogP contribution in [0.25, 0.3) is 0 Å². The number of benzene rings is 2. The largest absolute Gasteiger partial charge is 0.455 e. The zero-order valence-electron chi connectivity index (χ0n) is 15.9. The van der Waals surface area contributed by atoms with E-state index < -0.39 is 56.5 Å². The van der Waals surface area contributed by atoms with Gasteiger partial charge >= 0.3 is 6.18 Å². The molecule has 0 aliphatic heterocycles. The quantitative estimate of drug-likeness (QED) is 0.337. The Hall–Kier alpha value is -3.44. The number of hydrogen-bond acceptors (Lipinski definition) is 4. The number of nitrogens with two attached hydrogens (primary N) is 1. The SMILES string of the molecule is NC(=O)c1cc(NC(=O)c2c(Oc3ccc(F)c(Cl)c3Cl)ccc(C(F)(F)F)c2F)ccn1. The number of anilines is 1. The van der Waals surface area contributed by atoms with Gasteiger partial charge < -0.3 is 15.8 Å². The van der Waals surface area contributed by atoms with Gasteiger partial charge in [0.05, 0.1) is 10.6 Å². The third-order valence-corrected chi connectivity index (χ3v) is 4.97. The van der Waals surface area contributed by atoms with E-state index in [4.69, 9.17) is 33.7 Å². The number of carbonyl (C=O) groups excluding carboxylic acids is 2. The van der Waals surface area contributed by atoms with Crippen LogP contribution in [0.3, 0.4) is 0 Å². The Bertz CT molecular complexity index is 1270. The molecule has 1 heterocycles. The lowest BCUT2D eigenvalue weighted by Crippen LogP contribution is -2.19. The number of halogens is 7. The fourth-order valence-electron chi connectivity index (χ4n) is 2.62. The second kappa shape index (κ2) is 9.20. The molecule has 13 heteroatoms. The average Bonchev–Trinajstić information content (AvgIpc) is 2.73. The summed E-state index contributed by atoms with van der Waals surface area (Å²) in [6.07, 6.45) is -4.04. The number of primary amides is 1. The summed E-state index contributed by atoms with van der Waals surface area (Å²) in [5.41, 5.74) is 1.84. The fourth-order valence-corrected chi connectivity index (χ4v) is 2.96. The zero-order chi connectivity index (χ0) is 24.5. The van der Waals surface area contributed by atoms with E-state index in [1.54, 1.807) is 0 Å². The monoisotopic (exact) mass is 505 g/mol. The van der Waals surface area contributed by atoms with E-state index in [-0.39, 0.29) is 17.1 Å². The van der Waals surface area contributed by atoms with Crippen LogP contribution in [0.2, 0.25) is 10.0 Å². The van der Waals surface area contributed by atoms with Crippen LogP contribution in [-0.2, 0) is 6.18 Å². The van der Waals surface area contributed by atoms with Gasteiger partial charge in [0.25, 0.3) is 11.8 Å². The standard InChI is InChI=1S/C20H10Cl2F5N3O3/c21-15-10(23)2-4-13(16(15)22)33-12-3-1-9(20(25,26)27)17(24)14(12)19(32)30-8-5-6-29-11(7-8)18(28)31/h1-7H,(H2,28,31)(H,29,30,32). The fraction of sp³-hybridized carbons (Fsp3) is 0.0500. The maximum atomic E-state index is 14.9. The Morgan fingerprint density at radius 2 is 1.67 bits per heavy atom. The summed E-state index contributed by atoms with van der Waals surface area (Å²) in [4.78, 5) is 27.7. The minimum Gasteiger partial charge on any atom is -0.455 e. The molecule has 0 radical (unpaired) electrons. The van der Waals surface area contributed by atoms with Gasteiger partial charge in [0.2, 0.25) is 0 Å². The van der Waals surface area contributed by atoms with Gasteiger partial charge in [-0.3, -0.25) is 14.6 Å². The molecule has 0 fully saturated rings. The predicted molar refractivity (Wildman–Crippen MR) is 109 cm³/mol. The first-order valence-corrected chi connectivity index (χ1v) is 9.44. The second-order valence-corrected chi connectivity index (χ2v) is 7.08. The second-order valence-electron chi connectivity index (χ2n) is 6.32. The van der Waals surface area contributed by atoms with Crippen molar-refractivity contribution < 1.29 is 36.3 Å². The van der Waals surface area contributed by atoms with Crippen LogP contribution >= 0.6 is 23.2 Å². The van der Waals surface area contributed by atoms with Crippen molar-refractivity contribution in [2.45, 2.75) is 6.18 Å². The van der Waals surface area contributed by atoms with Crippen molar-refractivity contribution in [3.63, 3.8) is 0 Å². The van der Waals surface area contributed by atoms with Crippen molar-refractivity contribution in [2.75, 3.05) is 5.32 Å². The van der Waals surface area contributed by atoms with Crippen LogP contribution in [0.1, 0.15) is 26.4 Å². The Labute approximate surface area is 192 Å². The van der Waals surface area contributed by atoms with Crippen molar-refractivity contribution in [1.29, 1.82) is 0 Å². The Balaban J connectivity index is 2.09. The molecule has 3 aromatic rings. The zero-order valence-corrected chi connectivity index (χ0v) is 17.4. The first-order chi connectivity index (χ1) is 15.4. The molecule has 3 N–H and O–H groups in total. The van der Waals surface area contributed by atoms with Crippen LogP contribution in [0.15, 0.2) is 42.6 Å². The number of pyridine rings is 1. The van der Waals surface area contributed by atoms with Gasteiger partial charge in [-0.15, -0.1) is 0 Å². The van der Waals surface area contributed by atoms with Crippen LogP contribution in [0.5, 0.6) is 11.5 Å². The maximum Gasteiger partial charge on any atom is 0.419 e. The van der Waals surface area contributed by atoms with Crippen LogP contribution in [-0.4, -0.2) is 16.8 Å². The van der Waals surface area contributed by atoms with Crippen LogP contribution < -0.4 is 15.8 Å². The molecule has 1 aromatic heterocycles. The molecule has 0 aliphatic rings. The van der Waals surface area contributed by atoms with Crippen molar-refractivity contribution in [2.24, 2.45) is 5.73 Å². The van der Waals surface area contributed by atoms with Crippen molar-refractivity contribution in [3.8, 4) is 11.5 Å². The van der Waals surface area contributed by atoms with E-state index in [0.29, 0.717) is 12.1 Å². The molecule has 0 aliphatic carbocycles. The van der Waals surface area contributed by atoms with Crippen molar-refractivity contribution in [3.05, 3.63) is 81.1 Å². The first kappa shape index (κ1) is 24.2. The number of nitrogens with zero attached hydrogens (tertiary/aromatic N) is 1. The number of amides is 2. The lowest BCUT2D eigenvalue weighted by molar-refractivity contribution is -0.140. The van der Waals surface area contributed by atoms with Crippen molar-refractivity contribution in [1.82, 2.24) is 4.98 Å². The summed E-state index contributed by atoms with van der Waals surface area (Å²) in [7, 11) is 0. The van der Waals surface area contributed by atoms with Gasteiger partial charge in [0.15, 0.2) is 5.82 Å². The highest BCUT2D eigenvalue weighted by atomic mass is 35.5. The van der Waals surface area contributed by atoms with Gasteiger partial charge in [-0.05, 0) is 36.4 Å². The topological polar surface area (TPSA) is 94.3 Å². The van der Waals surface area contributed by atoms with E-state index in [2.05, 4.69) is 10.3 Å². The number of alkyl halides is 3. The molecular formula is C20H10Cl2F5N3O3. The Morgan fingerprint density at radius 1 is 1.00 bits per heavy atom. The summed E-state index contributed by atoms with van der Waals surface area (Å²) < 4.78 is 73.4. The van der Waals surface area contributed by atoms with Crippen LogP contribution in [0, 0.1) is 11.6 Å². The number of rotatable bonds is 5. The molecule has 33 heavy (non-hydrogen) atoms. The summed E-state index contributed by atoms with van der Waals surface area (Å²) in [6, 6.07) is 5.11. The summed E-state index contributed by atoms with van der Waals surface area (Å²) in [6.45, 7) is 0. The number of carbonyl (C=O) groups is 2. The molecule has 0 saturated heterocycles. The third kappa shape index (κ3) is 5.15. The number of aromatic nitrogens is 1. The predicted octanol–water partition coefficient (Wildman–Crippen LogP) is 5.83. The molecule has 0 saturated carbocycles. The van der Waals surface area contributed by atoms with Gasteiger partial charge in [-0.25, -0.2) is 8.78 Å². The Morgan fingerprint density at radius 3 is 2.30 bits per heavy atom. The molecule has 2 amide bonds. The smallest absolute Gasteiger partial charge is 0.419 e. The molecule has 6 nitrogen and oxygen atoms in total. The van der Waals surface area contributed by atoms with E-state index in [0.717, 1.165) is 24.4 Å². The third-order valence-electron chi connectivity index (χ3n) is 4.13. The van der Waals surface area contributed by atoms with E-state index in [1.807, 2.05) is 0 Å². The highest BCUT2D eigenvalue weighted by Crippen LogP contribution is 2.40. The van der Waals surface area contributed by atoms with E-state index >= 15 is 0 Å². The molecule has 0 unspecified atom stereocenters. The lowest BCUT2D eigenvalue weighted by atomic mass is 10.1. The maximum absolute atomic E-state index is 14.9. The highest BCUT2D eigenvalue weighted by molar-refractivity contribution is 6.43. The molecular weight excluding hydrogens is 496 g/mol. The lowest BCUT2D eigenvalue weighted by Gasteiger charge is -2.17. The molecule has 0 bridgehead atoms. The minimum atomic E-state index is -5.13. The van der Waals surface area contributed by atoms with Gasteiger partial charge in [0.1, 0.15) is 33.6 Å². The van der Waals surface area contributed by atoms with Gasteiger partial charge in [0, 0.05) is 11.9 Å². The summed E-state index contributed by atoms with van der Waals surface area (Å²) in [5, 5.41) is 1.13. The molecule has 0 spiro atoms. The molecule has 0 atom stereocenters. The van der Waals surface area contributed by atoms with E-state index in [9.17, 15) is 31.5 Å². The van der Waals surface area contributed by atoms with Crippen molar-refractivity contribution >= 4 is 40.7 Å². The Kier molecular flexibility index (Phi) is 6.75. The average molecular weight is 506 g/mol. The highest BCUT2D eigenvalue weighted by Gasteiger charge is 2.37. The number of hydrogen-bond donors (Lipinski definition) is 2. The van der Waals surface area contributed by atoms with Gasteiger partial charge in [-0.2, -0.15) is 13.2 Å². The van der Waals surface area contributed by atoms with Crippen LogP contribution in [0.4, 0.5) is 27.6 Å². The number of nitrogens with one attached hydrogen (secondary N) is 1. The number of ether oxygens (including phenoxy) is 1. The molecule has 2 aromatic carbocycles.